The predicted molar refractivity (Wildman–Crippen MR) is 138 cm³/mol. The van der Waals surface area contributed by atoms with E-state index in [0.717, 1.165) is 40.6 Å². The minimum absolute atomic E-state index is 0.0622. The molecule has 0 aliphatic heterocycles. The maximum Gasteiger partial charge on any atom is 0.407 e. The Morgan fingerprint density at radius 2 is 1.56 bits per heavy atom. The van der Waals surface area contributed by atoms with E-state index in [9.17, 15) is 9.59 Å². The molecule has 0 saturated carbocycles. The van der Waals surface area contributed by atoms with E-state index in [-0.39, 0.29) is 12.4 Å². The van der Waals surface area contributed by atoms with Crippen LogP contribution in [0.15, 0.2) is 18.2 Å². The minimum atomic E-state index is -0.623. The van der Waals surface area contributed by atoms with Crippen LogP contribution < -0.4 is 10.2 Å². The van der Waals surface area contributed by atoms with Crippen LogP contribution in [0.5, 0.6) is 0 Å². The van der Waals surface area contributed by atoms with Gasteiger partial charge in [0.1, 0.15) is 11.2 Å². The Balaban J connectivity index is 3.12. The number of nitrogens with zero attached hydrogens (tertiary/aromatic N) is 1. The number of carbonyl (C=O) groups excluding carboxylic acids is 2. The number of alkyl halides is 2. The SMILES string of the molecule is Cc1ccc(N(CCBr)CCBr)cc1C[C@@H](CC(=O)OC(C)(C)C)NC(=O)OC(C)(C)C. The van der Waals surface area contributed by atoms with E-state index in [0.29, 0.717) is 6.42 Å². The number of nitrogens with one attached hydrogen (secondary N) is 1. The first-order valence-electron chi connectivity index (χ1n) is 10.9. The maximum absolute atomic E-state index is 12.5. The smallest absolute Gasteiger partial charge is 0.407 e. The molecule has 182 valence electrons. The van der Waals surface area contributed by atoms with Crippen LogP contribution in [-0.4, -0.2) is 53.1 Å². The lowest BCUT2D eigenvalue weighted by molar-refractivity contribution is -0.155. The van der Waals surface area contributed by atoms with E-state index in [1.165, 1.54) is 0 Å². The molecule has 32 heavy (non-hydrogen) atoms. The topological polar surface area (TPSA) is 67.9 Å². The zero-order valence-electron chi connectivity index (χ0n) is 20.4. The number of rotatable bonds is 10. The molecule has 0 aliphatic carbocycles. The summed E-state index contributed by atoms with van der Waals surface area (Å²) in [5, 5.41) is 4.61. The molecule has 0 saturated heterocycles. The summed E-state index contributed by atoms with van der Waals surface area (Å²) >= 11 is 7.05. The first-order valence-corrected chi connectivity index (χ1v) is 13.2. The Bertz CT molecular complexity index is 721. The summed E-state index contributed by atoms with van der Waals surface area (Å²) in [5.41, 5.74) is 2.07. The van der Waals surface area contributed by atoms with Crippen LogP contribution >= 0.6 is 31.9 Å². The van der Waals surface area contributed by atoms with Gasteiger partial charge in [-0.1, -0.05) is 37.9 Å². The van der Waals surface area contributed by atoms with Crippen molar-refractivity contribution < 1.29 is 19.1 Å². The van der Waals surface area contributed by atoms with Gasteiger partial charge in [0, 0.05) is 35.5 Å². The Kier molecular flexibility index (Phi) is 11.5. The van der Waals surface area contributed by atoms with Crippen molar-refractivity contribution in [3.63, 3.8) is 0 Å². The molecular formula is C24H38Br2N2O4. The molecule has 1 aromatic carbocycles. The van der Waals surface area contributed by atoms with Crippen molar-refractivity contribution >= 4 is 49.6 Å². The highest BCUT2D eigenvalue weighted by Gasteiger charge is 2.25. The average Bonchev–Trinajstić information content (AvgIpc) is 2.60. The largest absolute Gasteiger partial charge is 0.460 e. The highest BCUT2D eigenvalue weighted by atomic mass is 79.9. The number of halogens is 2. The van der Waals surface area contributed by atoms with Gasteiger partial charge >= 0.3 is 12.1 Å². The predicted octanol–water partition coefficient (Wildman–Crippen LogP) is 5.76. The lowest BCUT2D eigenvalue weighted by Crippen LogP contribution is -2.42. The minimum Gasteiger partial charge on any atom is -0.460 e. The van der Waals surface area contributed by atoms with Crippen molar-refractivity contribution in [1.29, 1.82) is 0 Å². The standard InChI is InChI=1S/C24H38Br2N2O4/c1-17-8-9-20(28(12-10-25)13-11-26)15-18(17)14-19(16-21(29)31-23(2,3)4)27-22(30)32-24(5,6)7/h8-9,15,19H,10-14,16H2,1-7H3,(H,27,30)/t19-/m0/s1. The quantitative estimate of drug-likeness (QED) is 0.283. The van der Waals surface area contributed by atoms with Gasteiger partial charge in [0.2, 0.25) is 0 Å². The molecule has 1 amide bonds. The molecule has 1 atom stereocenters. The van der Waals surface area contributed by atoms with E-state index in [1.54, 1.807) is 0 Å². The molecule has 1 N–H and O–H groups in total. The lowest BCUT2D eigenvalue weighted by atomic mass is 9.98. The second kappa shape index (κ2) is 12.8. The molecule has 0 unspecified atom stereocenters. The van der Waals surface area contributed by atoms with E-state index in [1.807, 2.05) is 48.5 Å². The van der Waals surface area contributed by atoms with Crippen LogP contribution in [0, 0.1) is 6.92 Å². The third-order valence-electron chi connectivity index (χ3n) is 4.43. The molecule has 0 aromatic heterocycles. The van der Waals surface area contributed by atoms with Crippen molar-refractivity contribution in [3.8, 4) is 0 Å². The molecule has 0 radical (unpaired) electrons. The van der Waals surface area contributed by atoms with Gasteiger partial charge in [-0.2, -0.15) is 0 Å². The van der Waals surface area contributed by atoms with Crippen molar-refractivity contribution in [2.24, 2.45) is 0 Å². The molecule has 1 rings (SSSR count). The van der Waals surface area contributed by atoms with Crippen LogP contribution in [0.1, 0.15) is 59.1 Å². The fourth-order valence-corrected chi connectivity index (χ4v) is 4.00. The number of hydrogen-bond donors (Lipinski definition) is 1. The van der Waals surface area contributed by atoms with Crippen molar-refractivity contribution in [3.05, 3.63) is 29.3 Å². The zero-order valence-corrected chi connectivity index (χ0v) is 23.6. The summed E-state index contributed by atoms with van der Waals surface area (Å²) in [7, 11) is 0. The van der Waals surface area contributed by atoms with Crippen molar-refractivity contribution in [1.82, 2.24) is 5.32 Å². The Morgan fingerprint density at radius 3 is 2.06 bits per heavy atom. The Labute approximate surface area is 210 Å². The molecule has 0 heterocycles. The number of benzene rings is 1. The zero-order chi connectivity index (χ0) is 24.5. The second-order valence-electron chi connectivity index (χ2n) is 9.81. The summed E-state index contributed by atoms with van der Waals surface area (Å²) in [6.45, 7) is 14.7. The first-order chi connectivity index (χ1) is 14.7. The van der Waals surface area contributed by atoms with Crippen LogP contribution in [0.3, 0.4) is 0 Å². The van der Waals surface area contributed by atoms with E-state index >= 15 is 0 Å². The number of carbonyl (C=O) groups is 2. The van der Waals surface area contributed by atoms with Gasteiger partial charge in [-0.3, -0.25) is 4.79 Å². The highest BCUT2D eigenvalue weighted by molar-refractivity contribution is 9.09. The van der Waals surface area contributed by atoms with E-state index < -0.39 is 23.3 Å². The molecule has 8 heteroatoms. The van der Waals surface area contributed by atoms with Gasteiger partial charge in [0.15, 0.2) is 0 Å². The molecule has 0 spiro atoms. The monoisotopic (exact) mass is 576 g/mol. The van der Waals surface area contributed by atoms with Gasteiger partial charge in [0.05, 0.1) is 6.42 Å². The van der Waals surface area contributed by atoms with Crippen LogP contribution in [0.25, 0.3) is 0 Å². The summed E-state index contributed by atoms with van der Waals surface area (Å²) in [5.74, 6) is -0.354. The van der Waals surface area contributed by atoms with E-state index in [4.69, 9.17) is 9.47 Å². The van der Waals surface area contributed by atoms with E-state index in [2.05, 4.69) is 60.3 Å². The Hall–Kier alpha value is -1.28. The van der Waals surface area contributed by atoms with Crippen LogP contribution in [0.2, 0.25) is 0 Å². The number of esters is 1. The average molecular weight is 578 g/mol. The highest BCUT2D eigenvalue weighted by Crippen LogP contribution is 2.22. The fourth-order valence-electron chi connectivity index (χ4n) is 3.15. The number of ether oxygens (including phenoxy) is 2. The normalized spacial score (nSPS) is 12.8. The summed E-state index contributed by atoms with van der Waals surface area (Å²) in [6.07, 6.45) is 0.0153. The van der Waals surface area contributed by atoms with Gasteiger partial charge < -0.3 is 19.7 Å². The summed E-state index contributed by atoms with van der Waals surface area (Å²) in [6, 6.07) is 5.88. The number of anilines is 1. The van der Waals surface area contributed by atoms with Crippen LogP contribution in [0.4, 0.5) is 10.5 Å². The fraction of sp³-hybridized carbons (Fsp3) is 0.667. The molecule has 6 nitrogen and oxygen atoms in total. The summed E-state index contributed by atoms with van der Waals surface area (Å²) in [4.78, 5) is 27.3. The number of alkyl carbamates (subject to hydrolysis) is 1. The number of aryl methyl sites for hydroxylation is 1. The Morgan fingerprint density at radius 1 is 1.00 bits per heavy atom. The first kappa shape index (κ1) is 28.8. The molecule has 0 aliphatic rings. The van der Waals surface area contributed by atoms with Crippen molar-refractivity contribution in [2.75, 3.05) is 28.6 Å². The third kappa shape index (κ3) is 11.5. The van der Waals surface area contributed by atoms with Gasteiger partial charge in [-0.15, -0.1) is 0 Å². The van der Waals surface area contributed by atoms with Gasteiger partial charge in [0.25, 0.3) is 0 Å². The molecular weight excluding hydrogens is 540 g/mol. The van der Waals surface area contributed by atoms with Crippen molar-refractivity contribution in [2.45, 2.75) is 78.6 Å². The second-order valence-corrected chi connectivity index (χ2v) is 11.4. The molecule has 0 fully saturated rings. The molecule has 0 bridgehead atoms. The maximum atomic E-state index is 12.5. The third-order valence-corrected chi connectivity index (χ3v) is 5.14. The number of hydrogen-bond acceptors (Lipinski definition) is 5. The lowest BCUT2D eigenvalue weighted by Gasteiger charge is -2.27. The molecule has 1 aromatic rings. The van der Waals surface area contributed by atoms with Gasteiger partial charge in [-0.25, -0.2) is 4.79 Å². The van der Waals surface area contributed by atoms with Gasteiger partial charge in [-0.05, 0) is 78.1 Å². The summed E-state index contributed by atoms with van der Waals surface area (Å²) < 4.78 is 10.9. The number of amides is 1. The van der Waals surface area contributed by atoms with Crippen LogP contribution in [-0.2, 0) is 20.7 Å².